The second-order valence-electron chi connectivity index (χ2n) is 4.49. The van der Waals surface area contributed by atoms with Crippen molar-refractivity contribution in [3.05, 3.63) is 24.4 Å². The van der Waals surface area contributed by atoms with Crippen LogP contribution in [0.15, 0.2) is 24.4 Å². The smallest absolute Gasteiger partial charge is 0.125 e. The van der Waals surface area contributed by atoms with E-state index in [1.54, 1.807) is 0 Å². The molecule has 88 valence electrons. The van der Waals surface area contributed by atoms with Crippen molar-refractivity contribution in [1.29, 1.82) is 0 Å². The number of likely N-dealkylation sites (N-methyl/N-ethyl adjacent to an activating group) is 2. The minimum absolute atomic E-state index is 0.570. The zero-order valence-electron chi connectivity index (χ0n) is 10.1. The van der Waals surface area contributed by atoms with Crippen LogP contribution in [0.3, 0.4) is 0 Å². The topological polar surface area (TPSA) is 31.4 Å². The molecule has 1 atom stereocenters. The molecule has 1 unspecified atom stereocenters. The van der Waals surface area contributed by atoms with Gasteiger partial charge in [0.1, 0.15) is 5.82 Å². The van der Waals surface area contributed by atoms with Gasteiger partial charge in [0.2, 0.25) is 0 Å². The number of nitrogens with zero attached hydrogens (tertiary/aromatic N) is 3. The molecular formula is C12H20N4. The molecule has 1 N–H and O–H groups in total. The van der Waals surface area contributed by atoms with Crippen LogP contribution in [0, 0.1) is 0 Å². The minimum Gasteiger partial charge on any atom is -0.368 e. The van der Waals surface area contributed by atoms with E-state index in [2.05, 4.69) is 34.2 Å². The van der Waals surface area contributed by atoms with Gasteiger partial charge in [0.05, 0.1) is 0 Å². The van der Waals surface area contributed by atoms with Crippen molar-refractivity contribution >= 4 is 5.82 Å². The summed E-state index contributed by atoms with van der Waals surface area (Å²) in [6.07, 6.45) is 1.82. The Morgan fingerprint density at radius 1 is 1.38 bits per heavy atom. The molecule has 16 heavy (non-hydrogen) atoms. The highest BCUT2D eigenvalue weighted by Gasteiger charge is 2.21. The quantitative estimate of drug-likeness (QED) is 0.814. The van der Waals surface area contributed by atoms with Crippen molar-refractivity contribution in [2.24, 2.45) is 0 Å². The van der Waals surface area contributed by atoms with E-state index in [1.165, 1.54) is 0 Å². The van der Waals surface area contributed by atoms with Gasteiger partial charge in [-0.15, -0.1) is 0 Å². The number of rotatable bonds is 3. The first-order valence-corrected chi connectivity index (χ1v) is 5.79. The second-order valence-corrected chi connectivity index (χ2v) is 4.49. The van der Waals surface area contributed by atoms with Gasteiger partial charge in [0, 0.05) is 38.4 Å². The van der Waals surface area contributed by atoms with Crippen molar-refractivity contribution in [1.82, 2.24) is 14.8 Å². The van der Waals surface area contributed by atoms with E-state index < -0.39 is 0 Å². The maximum absolute atomic E-state index is 4.26. The Morgan fingerprint density at radius 2 is 2.25 bits per heavy atom. The summed E-state index contributed by atoms with van der Waals surface area (Å²) in [4.78, 5) is 9.06. The number of hydrogen-bond acceptors (Lipinski definition) is 4. The molecule has 0 spiro atoms. The van der Waals surface area contributed by atoms with Gasteiger partial charge in [-0.05, 0) is 26.2 Å². The Labute approximate surface area is 97.3 Å². The molecule has 0 aliphatic carbocycles. The van der Waals surface area contributed by atoms with Crippen LogP contribution in [0.1, 0.15) is 0 Å². The summed E-state index contributed by atoms with van der Waals surface area (Å²) in [7, 11) is 4.37. The lowest BCUT2D eigenvalue weighted by Gasteiger charge is -2.37. The Hall–Kier alpha value is -1.13. The minimum atomic E-state index is 0.570. The van der Waals surface area contributed by atoms with E-state index in [0.717, 1.165) is 32.0 Å². The first-order valence-electron chi connectivity index (χ1n) is 5.79. The predicted molar refractivity (Wildman–Crippen MR) is 66.6 cm³/mol. The average Bonchev–Trinajstić information content (AvgIpc) is 2.32. The number of nitrogens with one attached hydrogen (secondary N) is 1. The monoisotopic (exact) mass is 220 g/mol. The van der Waals surface area contributed by atoms with E-state index in [-0.39, 0.29) is 0 Å². The van der Waals surface area contributed by atoms with Gasteiger partial charge in [-0.3, -0.25) is 4.90 Å². The number of anilines is 1. The predicted octanol–water partition coefficient (Wildman–Crippen LogP) is 0.739. The van der Waals surface area contributed by atoms with E-state index in [4.69, 9.17) is 0 Å². The Morgan fingerprint density at radius 3 is 3.00 bits per heavy atom. The van der Waals surface area contributed by atoms with Crippen LogP contribution < -0.4 is 5.32 Å². The fourth-order valence-electron chi connectivity index (χ4n) is 2.01. The maximum atomic E-state index is 4.26. The lowest BCUT2D eigenvalue weighted by molar-refractivity contribution is 0.122. The lowest BCUT2D eigenvalue weighted by atomic mass is 10.2. The number of aromatic nitrogens is 1. The molecule has 1 saturated heterocycles. The van der Waals surface area contributed by atoms with Crippen LogP contribution in [0.4, 0.5) is 5.82 Å². The SMILES string of the molecule is CN1CCN(C)C(CNc2ccccn2)C1. The summed E-state index contributed by atoms with van der Waals surface area (Å²) in [5, 5.41) is 3.39. The summed E-state index contributed by atoms with van der Waals surface area (Å²) in [6, 6.07) is 6.52. The molecule has 0 amide bonds. The molecule has 4 nitrogen and oxygen atoms in total. The number of piperazine rings is 1. The second kappa shape index (κ2) is 5.27. The molecule has 1 aliphatic rings. The first kappa shape index (κ1) is 11.4. The lowest BCUT2D eigenvalue weighted by Crippen LogP contribution is -2.52. The van der Waals surface area contributed by atoms with Gasteiger partial charge in [0.15, 0.2) is 0 Å². The first-order chi connectivity index (χ1) is 7.75. The highest BCUT2D eigenvalue weighted by atomic mass is 15.3. The number of pyridine rings is 1. The average molecular weight is 220 g/mol. The maximum Gasteiger partial charge on any atom is 0.125 e. The molecule has 1 aromatic rings. The van der Waals surface area contributed by atoms with Crippen molar-refractivity contribution < 1.29 is 0 Å². The molecule has 2 heterocycles. The van der Waals surface area contributed by atoms with E-state index in [0.29, 0.717) is 6.04 Å². The van der Waals surface area contributed by atoms with Gasteiger partial charge >= 0.3 is 0 Å². The van der Waals surface area contributed by atoms with Crippen LogP contribution in [0.25, 0.3) is 0 Å². The molecule has 0 bridgehead atoms. The van der Waals surface area contributed by atoms with Crippen LogP contribution in [0.2, 0.25) is 0 Å². The summed E-state index contributed by atoms with van der Waals surface area (Å²) >= 11 is 0. The number of hydrogen-bond donors (Lipinski definition) is 1. The van der Waals surface area contributed by atoms with Crippen molar-refractivity contribution in [3.63, 3.8) is 0 Å². The standard InChI is InChI=1S/C12H20N4/c1-15-7-8-16(2)11(10-15)9-14-12-5-3-4-6-13-12/h3-6,11H,7-10H2,1-2H3,(H,13,14). The third-order valence-electron chi connectivity index (χ3n) is 3.16. The fourth-order valence-corrected chi connectivity index (χ4v) is 2.01. The van der Waals surface area contributed by atoms with Crippen molar-refractivity contribution in [2.45, 2.75) is 6.04 Å². The molecule has 1 fully saturated rings. The molecule has 4 heteroatoms. The Balaban J connectivity index is 1.85. The van der Waals surface area contributed by atoms with E-state index in [9.17, 15) is 0 Å². The van der Waals surface area contributed by atoms with Crippen LogP contribution in [-0.2, 0) is 0 Å². The van der Waals surface area contributed by atoms with E-state index in [1.807, 2.05) is 24.4 Å². The van der Waals surface area contributed by atoms with Crippen LogP contribution in [0.5, 0.6) is 0 Å². The van der Waals surface area contributed by atoms with Gasteiger partial charge in [0.25, 0.3) is 0 Å². The van der Waals surface area contributed by atoms with Gasteiger partial charge in [-0.2, -0.15) is 0 Å². The highest BCUT2D eigenvalue weighted by Crippen LogP contribution is 2.07. The van der Waals surface area contributed by atoms with Gasteiger partial charge in [-0.25, -0.2) is 4.98 Å². The normalized spacial score (nSPS) is 23.2. The molecule has 1 aliphatic heterocycles. The Bertz CT molecular complexity index is 314. The van der Waals surface area contributed by atoms with Crippen LogP contribution >= 0.6 is 0 Å². The molecule has 2 rings (SSSR count). The Kier molecular flexibility index (Phi) is 3.74. The van der Waals surface area contributed by atoms with E-state index >= 15 is 0 Å². The molecule has 0 radical (unpaired) electrons. The van der Waals surface area contributed by atoms with Crippen LogP contribution in [-0.4, -0.2) is 61.1 Å². The van der Waals surface area contributed by atoms with Crippen molar-refractivity contribution in [2.75, 3.05) is 45.6 Å². The summed E-state index contributed by atoms with van der Waals surface area (Å²) in [5.74, 6) is 0.962. The third kappa shape index (κ3) is 2.93. The summed E-state index contributed by atoms with van der Waals surface area (Å²) in [5.41, 5.74) is 0. The highest BCUT2D eigenvalue weighted by molar-refractivity contribution is 5.33. The molecular weight excluding hydrogens is 200 g/mol. The van der Waals surface area contributed by atoms with Gasteiger partial charge in [-0.1, -0.05) is 6.07 Å². The zero-order valence-corrected chi connectivity index (χ0v) is 10.1. The van der Waals surface area contributed by atoms with Gasteiger partial charge < -0.3 is 10.2 Å². The molecule has 1 aromatic heterocycles. The summed E-state index contributed by atoms with van der Waals surface area (Å²) in [6.45, 7) is 4.38. The summed E-state index contributed by atoms with van der Waals surface area (Å²) < 4.78 is 0. The fraction of sp³-hybridized carbons (Fsp3) is 0.583. The third-order valence-corrected chi connectivity index (χ3v) is 3.16. The molecule has 0 saturated carbocycles. The van der Waals surface area contributed by atoms with Crippen molar-refractivity contribution in [3.8, 4) is 0 Å². The largest absolute Gasteiger partial charge is 0.368 e. The molecule has 0 aromatic carbocycles. The zero-order chi connectivity index (χ0) is 11.4.